The van der Waals surface area contributed by atoms with Crippen LogP contribution >= 0.6 is 0 Å². The number of hydroxylamine groups is 6. The van der Waals surface area contributed by atoms with E-state index in [1.54, 1.807) is 12.1 Å². The number of nitrogens with zero attached hydrogens (tertiary/aromatic N) is 7. The van der Waals surface area contributed by atoms with E-state index in [4.69, 9.17) is 23.4 Å². The fourth-order valence-electron chi connectivity index (χ4n) is 11.9. The Balaban J connectivity index is 1.38. The van der Waals surface area contributed by atoms with Gasteiger partial charge in [-0.15, -0.1) is 0 Å². The lowest BCUT2D eigenvalue weighted by Gasteiger charge is -2.35. The van der Waals surface area contributed by atoms with Crippen LogP contribution in [0.5, 0.6) is 0 Å². The van der Waals surface area contributed by atoms with Crippen molar-refractivity contribution in [2.45, 2.75) is 142 Å². The number of carbonyl (C=O) groups is 7. The van der Waals surface area contributed by atoms with Crippen molar-refractivity contribution in [3.05, 3.63) is 60.0 Å². The molecule has 0 unspecified atom stereocenters. The molecule has 0 radical (unpaired) electrons. The van der Waals surface area contributed by atoms with E-state index in [-0.39, 0.29) is 147 Å². The zero-order valence-electron chi connectivity index (χ0n) is 60.7. The Bertz CT molecular complexity index is 3580. The number of rotatable bonds is 41. The fourth-order valence-corrected chi connectivity index (χ4v) is 14.1. The summed E-state index contributed by atoms with van der Waals surface area (Å²) in [5.74, 6) is -4.03. The highest BCUT2D eigenvalue weighted by molar-refractivity contribution is 7.89. The average Bonchev–Trinajstić information content (AvgIpc) is 0.740. The van der Waals surface area contributed by atoms with Gasteiger partial charge in [-0.2, -0.15) is 4.31 Å². The topological polar surface area (TPSA) is 380 Å². The van der Waals surface area contributed by atoms with Crippen molar-refractivity contribution in [3.8, 4) is 22.5 Å². The molecular weight excluding hydrogens is 1350 g/mol. The third kappa shape index (κ3) is 24.7. The minimum atomic E-state index is -5.36. The molecule has 1 fully saturated rings. The molecule has 2 heterocycles. The third-order valence-corrected chi connectivity index (χ3v) is 19.9. The van der Waals surface area contributed by atoms with E-state index in [0.29, 0.717) is 69.2 Å². The first kappa shape index (κ1) is 84.4. The molecule has 32 heteroatoms. The molecule has 3 atom stereocenters. The molecule has 0 aromatic heterocycles. The number of hydrogen-bond donors (Lipinski definition) is 6. The van der Waals surface area contributed by atoms with Crippen LogP contribution in [0, 0.1) is 23.2 Å². The van der Waals surface area contributed by atoms with Gasteiger partial charge in [0.05, 0.1) is 80.5 Å². The molecule has 0 bridgehead atoms. The molecule has 2 aromatic carbocycles. The maximum atomic E-state index is 14.5. The number of ether oxygens (including phenoxy) is 4. The van der Waals surface area contributed by atoms with Crippen molar-refractivity contribution >= 4 is 78.1 Å². The van der Waals surface area contributed by atoms with Crippen LogP contribution in [0.1, 0.15) is 114 Å². The number of anilines is 1. The predicted molar refractivity (Wildman–Crippen MR) is 373 cm³/mol. The highest BCUT2D eigenvalue weighted by Gasteiger charge is 2.36. The summed E-state index contributed by atoms with van der Waals surface area (Å²) in [5, 5.41) is 40.1. The summed E-state index contributed by atoms with van der Waals surface area (Å²) in [4.78, 5) is 94.4. The molecular formula is C69H106N10O20S2. The molecule has 1 aliphatic carbocycles. The van der Waals surface area contributed by atoms with Crippen LogP contribution in [-0.4, -0.2) is 247 Å². The van der Waals surface area contributed by atoms with Crippen LogP contribution in [0.2, 0.25) is 0 Å². The fraction of sp³-hybridized carbons (Fsp3) is 0.623. The van der Waals surface area contributed by atoms with E-state index in [2.05, 4.69) is 25.4 Å². The predicted octanol–water partition coefficient (Wildman–Crippen LogP) is 4.35. The quantitative estimate of drug-likeness (QED) is 0.00898. The van der Waals surface area contributed by atoms with Crippen LogP contribution in [0.3, 0.4) is 0 Å². The number of likely N-dealkylation sites (N-methyl/N-ethyl adjacent to an activating group) is 3. The van der Waals surface area contributed by atoms with Gasteiger partial charge in [0.25, 0.3) is 17.7 Å². The maximum Gasteiger partial charge on any atom is 0.268 e. The number of fused-ring (bicyclic) bond motifs is 2. The third-order valence-electron chi connectivity index (χ3n) is 17.2. The number of nitrogens with one attached hydrogen (secondary N) is 3. The summed E-state index contributed by atoms with van der Waals surface area (Å²) < 4.78 is 104. The molecule has 2 aliphatic heterocycles. The van der Waals surface area contributed by atoms with Gasteiger partial charge in [0, 0.05) is 120 Å². The van der Waals surface area contributed by atoms with Gasteiger partial charge in [0.1, 0.15) is 52.7 Å². The van der Waals surface area contributed by atoms with Crippen molar-refractivity contribution in [1.29, 1.82) is 0 Å². The number of sulfonamides is 1. The zero-order chi connectivity index (χ0) is 75.1. The summed E-state index contributed by atoms with van der Waals surface area (Å²) in [6, 6.07) is 11.4. The molecule has 5 rings (SSSR count). The van der Waals surface area contributed by atoms with Crippen molar-refractivity contribution in [2.75, 3.05) is 131 Å². The lowest BCUT2D eigenvalue weighted by molar-refractivity contribution is -0.163. The second kappa shape index (κ2) is 39.4. The van der Waals surface area contributed by atoms with E-state index in [9.17, 15) is 70.6 Å². The number of carbonyl (C=O) groups excluding carboxylic acids is 7. The standard InChI is InChI=1S/C69H106N10O20S2/c1-14-76(15-2)49-18-21-52-58(39-49)99-59-40-50(77(16-3)17-4)19-22-53(59)65(52)54-23-20-51(41-60(54)101(92,93)94)100(90,91)79-30-28-78(29-31-79)64(83)27-35-98-45-69(42-95-32-24-61(80)70-55(36-46(5)6)66(84)73(11)87,43-96-33-25-62(81)71-56(37-47(7)8)67(85)74(12)88)44-97-34-26-63(82)72-57(38-48(9)10)68(86)75(13)89/h18-23,39-41,46-48,55-57,87-89H,14-17,24-38,42-45H2,1-13H3,(H3-,70,71,72,80,81,82,92,93,94)/t55-,56-,57-/m0/s1. The van der Waals surface area contributed by atoms with Crippen molar-refractivity contribution in [2.24, 2.45) is 23.2 Å². The summed E-state index contributed by atoms with van der Waals surface area (Å²) in [6.07, 6.45) is -0.334. The van der Waals surface area contributed by atoms with Crippen LogP contribution in [0.4, 0.5) is 5.69 Å². The minimum absolute atomic E-state index is 0.0192. The summed E-state index contributed by atoms with van der Waals surface area (Å²) in [6.45, 7) is 19.3. The van der Waals surface area contributed by atoms with Gasteiger partial charge in [-0.3, -0.25) is 49.2 Å². The number of hydrogen-bond acceptors (Lipinski definition) is 21. The summed E-state index contributed by atoms with van der Waals surface area (Å²) >= 11 is 0. The summed E-state index contributed by atoms with van der Waals surface area (Å²) in [5.41, 5.74) is 0.766. The number of benzene rings is 3. The lowest BCUT2D eigenvalue weighted by atomic mass is 9.92. The molecule has 7 amide bonds. The van der Waals surface area contributed by atoms with Crippen molar-refractivity contribution < 1.29 is 93.9 Å². The van der Waals surface area contributed by atoms with E-state index in [0.717, 1.165) is 42.6 Å². The van der Waals surface area contributed by atoms with Gasteiger partial charge in [0.2, 0.25) is 39.0 Å². The zero-order valence-corrected chi connectivity index (χ0v) is 62.3. The summed E-state index contributed by atoms with van der Waals surface area (Å²) in [7, 11) is -6.41. The molecule has 0 saturated carbocycles. The van der Waals surface area contributed by atoms with Gasteiger partial charge in [0.15, 0.2) is 0 Å². The van der Waals surface area contributed by atoms with Gasteiger partial charge < -0.3 is 53.7 Å². The first-order chi connectivity index (χ1) is 47.6. The first-order valence-electron chi connectivity index (χ1n) is 34.4. The highest BCUT2D eigenvalue weighted by Crippen LogP contribution is 2.44. The smallest absolute Gasteiger partial charge is 0.268 e. The van der Waals surface area contributed by atoms with Crippen molar-refractivity contribution in [1.82, 2.24) is 44.9 Å². The molecule has 564 valence electrons. The Kier molecular flexibility index (Phi) is 32.9. The van der Waals surface area contributed by atoms with Crippen LogP contribution in [0.15, 0.2) is 68.8 Å². The number of piperazine rings is 1. The monoisotopic (exact) mass is 1460 g/mol. The Morgan fingerprint density at radius 2 is 1.01 bits per heavy atom. The molecule has 101 heavy (non-hydrogen) atoms. The first-order valence-corrected chi connectivity index (χ1v) is 37.2. The number of amides is 7. The van der Waals surface area contributed by atoms with E-state index in [1.807, 2.05) is 93.5 Å². The Labute approximate surface area is 593 Å². The molecule has 0 spiro atoms. The normalized spacial score (nSPS) is 14.1. The Hall–Kier alpha value is -7.24. The maximum absolute atomic E-state index is 14.5. The van der Waals surface area contributed by atoms with Crippen LogP contribution in [0.25, 0.3) is 33.4 Å². The van der Waals surface area contributed by atoms with E-state index in [1.165, 1.54) is 17.0 Å². The van der Waals surface area contributed by atoms with Gasteiger partial charge in [-0.25, -0.2) is 36.6 Å². The molecule has 2 aromatic rings. The second-order valence-corrected chi connectivity index (χ2v) is 29.9. The van der Waals surface area contributed by atoms with E-state index < -0.39 is 94.8 Å². The van der Waals surface area contributed by atoms with Crippen LogP contribution in [-0.2, 0) is 72.7 Å². The van der Waals surface area contributed by atoms with Gasteiger partial charge in [-0.05, 0) is 95.0 Å². The average molecular weight is 1460 g/mol. The van der Waals surface area contributed by atoms with E-state index >= 15 is 0 Å². The molecule has 3 aliphatic rings. The lowest BCUT2D eigenvalue weighted by Crippen LogP contribution is -2.50. The SMILES string of the molecule is CCN(CC)c1ccc2c(-c3ccc(S(=O)(=O)N4CCN(C(=O)CCOCC(COCCC(=O)N[C@@H](CC(C)C)C(=O)N(C)O)(COCCC(=O)N[C@@H](CC(C)C)C(=O)N(C)O)COCCC(=O)N[C@@H](CC(C)C)C(=O)N(C)O)CC4)cc3S(=O)(=O)[O-])c3ccc(=[N+](CC)CC)cc-3oc2c1. The minimum Gasteiger partial charge on any atom is -0.744 e. The van der Waals surface area contributed by atoms with Crippen molar-refractivity contribution in [3.63, 3.8) is 0 Å². The van der Waals surface area contributed by atoms with Gasteiger partial charge in [-0.1, -0.05) is 47.6 Å². The largest absolute Gasteiger partial charge is 0.744 e. The molecule has 30 nitrogen and oxygen atoms in total. The highest BCUT2D eigenvalue weighted by atomic mass is 32.2. The Morgan fingerprint density at radius 1 is 0.584 bits per heavy atom. The van der Waals surface area contributed by atoms with Crippen LogP contribution < -0.4 is 30.8 Å². The molecule has 1 saturated heterocycles. The van der Waals surface area contributed by atoms with Gasteiger partial charge >= 0.3 is 0 Å². The second-order valence-electron chi connectivity index (χ2n) is 26.6. The Morgan fingerprint density at radius 3 is 1.41 bits per heavy atom. The molecule has 6 N–H and O–H groups in total.